The zero-order valence-electron chi connectivity index (χ0n) is 15.3. The lowest BCUT2D eigenvalue weighted by Crippen LogP contribution is -2.42. The van der Waals surface area contributed by atoms with Crippen LogP contribution in [-0.4, -0.2) is 62.6 Å². The van der Waals surface area contributed by atoms with E-state index in [0.29, 0.717) is 4.47 Å². The third-order valence-corrected chi connectivity index (χ3v) is 4.36. The summed E-state index contributed by atoms with van der Waals surface area (Å²) in [4.78, 5) is 36.7. The third kappa shape index (κ3) is 5.49. The number of alkyl halides is 3. The van der Waals surface area contributed by atoms with Gasteiger partial charge in [-0.05, 0) is 51.0 Å². The number of nitrogens with one attached hydrogen (secondary N) is 2. The molecule has 1 aromatic heterocycles. The molecular weight excluding hydrogens is 463 g/mol. The van der Waals surface area contributed by atoms with Gasteiger partial charge in [0.2, 0.25) is 5.95 Å². The molecule has 0 aliphatic rings. The lowest BCUT2D eigenvalue weighted by molar-refractivity contribution is -0.161. The number of benzene rings is 1. The average molecular weight is 478 g/mol. The summed E-state index contributed by atoms with van der Waals surface area (Å²) in [6.07, 6.45) is -4.64. The van der Waals surface area contributed by atoms with Crippen molar-refractivity contribution in [3.63, 3.8) is 0 Å². The average Bonchev–Trinajstić information content (AvgIpc) is 3.00. The monoisotopic (exact) mass is 477 g/mol. The Morgan fingerprint density at radius 1 is 1.24 bits per heavy atom. The van der Waals surface area contributed by atoms with Gasteiger partial charge in [0.05, 0.1) is 5.69 Å². The molecule has 2 aromatic rings. The first kappa shape index (κ1) is 22.3. The van der Waals surface area contributed by atoms with E-state index in [4.69, 9.17) is 0 Å². The largest absolute Gasteiger partial charge is 0.406 e. The van der Waals surface area contributed by atoms with Crippen LogP contribution in [0, 0.1) is 6.92 Å². The second-order valence-electron chi connectivity index (χ2n) is 5.91. The second kappa shape index (κ2) is 8.55. The number of anilines is 2. The van der Waals surface area contributed by atoms with Gasteiger partial charge in [0.15, 0.2) is 0 Å². The van der Waals surface area contributed by atoms with E-state index in [2.05, 4.69) is 42.1 Å². The van der Waals surface area contributed by atoms with E-state index in [0.717, 1.165) is 7.05 Å². The van der Waals surface area contributed by atoms with Crippen molar-refractivity contribution in [1.82, 2.24) is 25.1 Å². The van der Waals surface area contributed by atoms with Crippen LogP contribution < -0.4 is 10.6 Å². The van der Waals surface area contributed by atoms with E-state index in [1.165, 1.54) is 30.8 Å². The Morgan fingerprint density at radius 2 is 1.90 bits per heavy atom. The Kier molecular flexibility index (Phi) is 6.56. The van der Waals surface area contributed by atoms with Crippen LogP contribution in [-0.2, 0) is 16.6 Å². The fourth-order valence-electron chi connectivity index (χ4n) is 2.26. The summed E-state index contributed by atoms with van der Waals surface area (Å²) in [5.41, 5.74) is 0.460. The molecule has 0 saturated carbocycles. The van der Waals surface area contributed by atoms with E-state index < -0.39 is 30.4 Å². The number of tetrazole rings is 1. The molecule has 0 saturated heterocycles. The number of amides is 3. The fraction of sp³-hybridized carbons (Fsp3) is 0.333. The van der Waals surface area contributed by atoms with Crippen molar-refractivity contribution in [2.75, 3.05) is 24.2 Å². The summed E-state index contributed by atoms with van der Waals surface area (Å²) in [5, 5.41) is 15.3. The first-order valence-corrected chi connectivity index (χ1v) is 8.66. The molecule has 0 radical (unpaired) electrons. The highest BCUT2D eigenvalue weighted by molar-refractivity contribution is 9.10. The van der Waals surface area contributed by atoms with Crippen molar-refractivity contribution in [2.45, 2.75) is 13.1 Å². The molecule has 1 heterocycles. The highest BCUT2D eigenvalue weighted by Crippen LogP contribution is 2.29. The predicted octanol–water partition coefficient (Wildman–Crippen LogP) is 1.49. The highest BCUT2D eigenvalue weighted by atomic mass is 79.9. The van der Waals surface area contributed by atoms with Crippen LogP contribution in [0.4, 0.5) is 24.8 Å². The van der Waals surface area contributed by atoms with Crippen LogP contribution in [0.15, 0.2) is 16.6 Å². The van der Waals surface area contributed by atoms with Gasteiger partial charge >= 0.3 is 18.0 Å². The van der Waals surface area contributed by atoms with E-state index in [9.17, 15) is 27.6 Å². The van der Waals surface area contributed by atoms with Crippen molar-refractivity contribution in [2.24, 2.45) is 7.05 Å². The molecule has 0 unspecified atom stereocenters. The number of aromatic nitrogens is 4. The molecule has 14 heteroatoms. The number of carbonyl (C=O) groups excluding carboxylic acids is 3. The molecule has 0 atom stereocenters. The van der Waals surface area contributed by atoms with E-state index in [-0.39, 0.29) is 27.7 Å². The standard InChI is InChI=1S/C15H15BrF3N7O3/c1-7-8(11(27)21-14-22-23-24-26(14)3)4-5-9(16)10(7)20-12(28)13(29)25(2)6-15(17,18)19/h4-5H,6H2,1-3H3,(H,20,28)(H,21,22,24,27). The summed E-state index contributed by atoms with van der Waals surface area (Å²) in [7, 11) is 2.37. The maximum absolute atomic E-state index is 12.5. The van der Waals surface area contributed by atoms with Crippen molar-refractivity contribution in [1.29, 1.82) is 0 Å². The Bertz CT molecular complexity index is 961. The Balaban J connectivity index is 2.22. The maximum atomic E-state index is 12.5. The first-order valence-electron chi connectivity index (χ1n) is 7.86. The van der Waals surface area contributed by atoms with Gasteiger partial charge in [-0.1, -0.05) is 5.10 Å². The van der Waals surface area contributed by atoms with Crippen LogP contribution in [0.5, 0.6) is 0 Å². The molecule has 0 fully saturated rings. The first-order chi connectivity index (χ1) is 13.4. The van der Waals surface area contributed by atoms with Crippen molar-refractivity contribution in [3.8, 4) is 0 Å². The van der Waals surface area contributed by atoms with E-state index in [1.807, 2.05) is 0 Å². The minimum Gasteiger partial charge on any atom is -0.328 e. The SMILES string of the molecule is Cc1c(C(=O)Nc2nnnn2C)ccc(Br)c1NC(=O)C(=O)N(C)CC(F)(F)F. The van der Waals surface area contributed by atoms with Crippen molar-refractivity contribution < 1.29 is 27.6 Å². The quantitative estimate of drug-likeness (QED) is 0.643. The lowest BCUT2D eigenvalue weighted by atomic mass is 10.1. The molecule has 1 aromatic carbocycles. The van der Waals surface area contributed by atoms with Gasteiger partial charge in [-0.25, -0.2) is 4.68 Å². The molecule has 29 heavy (non-hydrogen) atoms. The van der Waals surface area contributed by atoms with Crippen molar-refractivity contribution >= 4 is 45.3 Å². The van der Waals surface area contributed by atoms with Gasteiger partial charge in [0.1, 0.15) is 6.54 Å². The molecule has 10 nitrogen and oxygen atoms in total. The molecule has 156 valence electrons. The molecule has 0 spiro atoms. The maximum Gasteiger partial charge on any atom is 0.406 e. The van der Waals surface area contributed by atoms with Gasteiger partial charge in [0.25, 0.3) is 5.91 Å². The zero-order chi connectivity index (χ0) is 21.9. The minimum atomic E-state index is -4.64. The van der Waals surface area contributed by atoms with Gasteiger partial charge in [-0.15, -0.1) is 0 Å². The smallest absolute Gasteiger partial charge is 0.328 e. The number of rotatable bonds is 4. The molecule has 3 amide bonds. The van der Waals surface area contributed by atoms with Gasteiger partial charge < -0.3 is 10.2 Å². The van der Waals surface area contributed by atoms with Gasteiger partial charge in [-0.2, -0.15) is 13.2 Å². The Hall–Kier alpha value is -3.03. The molecule has 0 aliphatic carbocycles. The summed E-state index contributed by atoms with van der Waals surface area (Å²) in [5.74, 6) is -3.18. The number of likely N-dealkylation sites (N-methyl/N-ethyl adjacent to an activating group) is 1. The highest BCUT2D eigenvalue weighted by Gasteiger charge is 2.33. The van der Waals surface area contributed by atoms with E-state index >= 15 is 0 Å². The van der Waals surface area contributed by atoms with Crippen LogP contribution in [0.2, 0.25) is 0 Å². The van der Waals surface area contributed by atoms with Crippen LogP contribution >= 0.6 is 15.9 Å². The summed E-state index contributed by atoms with van der Waals surface area (Å²) < 4.78 is 38.8. The molecule has 2 rings (SSSR count). The molecule has 2 N–H and O–H groups in total. The van der Waals surface area contributed by atoms with Gasteiger partial charge in [0, 0.05) is 24.1 Å². The number of nitrogens with zero attached hydrogens (tertiary/aromatic N) is 5. The molecule has 0 aliphatic heterocycles. The second-order valence-corrected chi connectivity index (χ2v) is 6.76. The predicted molar refractivity (Wildman–Crippen MR) is 98.0 cm³/mol. The molecule has 0 bridgehead atoms. The normalized spacial score (nSPS) is 11.1. The lowest BCUT2D eigenvalue weighted by Gasteiger charge is -2.19. The number of halogens is 4. The zero-order valence-corrected chi connectivity index (χ0v) is 16.9. The number of carbonyl (C=O) groups is 3. The fourth-order valence-corrected chi connectivity index (χ4v) is 2.79. The number of hydrogen-bond donors (Lipinski definition) is 2. The topological polar surface area (TPSA) is 122 Å². The third-order valence-electron chi connectivity index (χ3n) is 3.70. The summed E-state index contributed by atoms with van der Waals surface area (Å²) in [6.45, 7) is -0.0816. The Morgan fingerprint density at radius 3 is 2.45 bits per heavy atom. The number of aryl methyl sites for hydroxylation is 1. The number of hydrogen-bond acceptors (Lipinski definition) is 6. The van der Waals surface area contributed by atoms with Crippen LogP contribution in [0.25, 0.3) is 0 Å². The Labute approximate surface area is 170 Å². The minimum absolute atomic E-state index is 0.0625. The summed E-state index contributed by atoms with van der Waals surface area (Å²) in [6, 6.07) is 2.89. The van der Waals surface area contributed by atoms with Crippen molar-refractivity contribution in [3.05, 3.63) is 27.7 Å². The van der Waals surface area contributed by atoms with E-state index in [1.54, 1.807) is 0 Å². The van der Waals surface area contributed by atoms with Crippen LogP contribution in [0.1, 0.15) is 15.9 Å². The molecular formula is C15H15BrF3N7O3. The van der Waals surface area contributed by atoms with Gasteiger partial charge in [-0.3, -0.25) is 19.7 Å². The summed E-state index contributed by atoms with van der Waals surface area (Å²) >= 11 is 3.18. The van der Waals surface area contributed by atoms with Crippen LogP contribution in [0.3, 0.4) is 0 Å².